The van der Waals surface area contributed by atoms with Crippen LogP contribution < -0.4 is 20.1 Å². The highest BCUT2D eigenvalue weighted by atomic mass is 35.5. The van der Waals surface area contributed by atoms with Gasteiger partial charge in [-0.05, 0) is 54.6 Å². The topological polar surface area (TPSA) is 100 Å². The van der Waals surface area contributed by atoms with Crippen molar-refractivity contribution in [1.29, 1.82) is 5.26 Å². The quantitative estimate of drug-likeness (QED) is 0.278. The maximum atomic E-state index is 13.0. The van der Waals surface area contributed by atoms with Crippen molar-refractivity contribution in [2.24, 2.45) is 0 Å². The van der Waals surface area contributed by atoms with Gasteiger partial charge in [0.2, 0.25) is 0 Å². The van der Waals surface area contributed by atoms with E-state index in [1.54, 1.807) is 30.3 Å². The average molecular weight is 530 g/mol. The Kier molecular flexibility index (Phi) is 8.77. The number of amides is 2. The summed E-state index contributed by atoms with van der Waals surface area (Å²) in [5, 5.41) is 14.7. The van der Waals surface area contributed by atoms with Crippen molar-refractivity contribution < 1.29 is 32.2 Å². The Labute approximate surface area is 215 Å². The van der Waals surface area contributed by atoms with Crippen molar-refractivity contribution in [3.05, 3.63) is 88.5 Å². The first-order chi connectivity index (χ1) is 17.6. The highest BCUT2D eigenvalue weighted by Crippen LogP contribution is 2.31. The van der Waals surface area contributed by atoms with Crippen LogP contribution in [0.1, 0.15) is 11.1 Å². The normalized spacial score (nSPS) is 11.3. The molecule has 0 aliphatic carbocycles. The standard InChI is InChI=1S/C26H19ClF3N3O4/c1-36-23-8-3-2-7-21(23)33-24(34)15-37-22-10-9-19(27)12-16(22)11-17(14-31)25(35)32-20-6-4-5-18(13-20)26(28,29)30/h2-13H,15H2,1H3,(H,32,35)(H,33,34)/b17-11+. The lowest BCUT2D eigenvalue weighted by atomic mass is 10.1. The van der Waals surface area contributed by atoms with Gasteiger partial charge >= 0.3 is 6.18 Å². The fraction of sp³-hybridized carbons (Fsp3) is 0.115. The van der Waals surface area contributed by atoms with Crippen LogP contribution in [0.3, 0.4) is 0 Å². The maximum Gasteiger partial charge on any atom is 0.416 e. The van der Waals surface area contributed by atoms with E-state index in [-0.39, 0.29) is 22.0 Å². The Balaban J connectivity index is 1.77. The highest BCUT2D eigenvalue weighted by molar-refractivity contribution is 6.30. The molecule has 0 radical (unpaired) electrons. The third kappa shape index (κ3) is 7.49. The van der Waals surface area contributed by atoms with Crippen LogP contribution in [-0.2, 0) is 15.8 Å². The summed E-state index contributed by atoms with van der Waals surface area (Å²) in [6.07, 6.45) is -3.44. The van der Waals surface area contributed by atoms with E-state index in [1.165, 1.54) is 31.4 Å². The molecule has 0 bridgehead atoms. The third-order valence-corrected chi connectivity index (χ3v) is 5.06. The van der Waals surface area contributed by atoms with Gasteiger partial charge in [-0.25, -0.2) is 0 Å². The summed E-state index contributed by atoms with van der Waals surface area (Å²) < 4.78 is 49.6. The van der Waals surface area contributed by atoms with E-state index in [0.717, 1.165) is 24.3 Å². The number of nitriles is 1. The zero-order valence-electron chi connectivity index (χ0n) is 19.2. The van der Waals surface area contributed by atoms with E-state index in [0.29, 0.717) is 11.4 Å². The second kappa shape index (κ2) is 12.0. The summed E-state index contributed by atoms with van der Waals surface area (Å²) in [5.74, 6) is -0.852. The van der Waals surface area contributed by atoms with Crippen LogP contribution in [0.5, 0.6) is 11.5 Å². The second-order valence-electron chi connectivity index (χ2n) is 7.42. The van der Waals surface area contributed by atoms with Crippen molar-refractivity contribution in [2.45, 2.75) is 6.18 Å². The third-order valence-electron chi connectivity index (χ3n) is 4.82. The number of methoxy groups -OCH3 is 1. The number of alkyl halides is 3. The number of rotatable bonds is 8. The van der Waals surface area contributed by atoms with Gasteiger partial charge in [-0.2, -0.15) is 18.4 Å². The molecule has 3 rings (SSSR count). The molecular formula is C26H19ClF3N3O4. The van der Waals surface area contributed by atoms with Crippen LogP contribution >= 0.6 is 11.6 Å². The van der Waals surface area contributed by atoms with Crippen LogP contribution in [-0.4, -0.2) is 25.5 Å². The number of carbonyl (C=O) groups excluding carboxylic acids is 2. The summed E-state index contributed by atoms with van der Waals surface area (Å²) in [7, 11) is 1.46. The number of halogens is 4. The first-order valence-corrected chi connectivity index (χ1v) is 10.9. The first-order valence-electron chi connectivity index (χ1n) is 10.6. The molecule has 2 amide bonds. The average Bonchev–Trinajstić information content (AvgIpc) is 2.86. The number of hydrogen-bond acceptors (Lipinski definition) is 5. The molecule has 7 nitrogen and oxygen atoms in total. The lowest BCUT2D eigenvalue weighted by Crippen LogP contribution is -2.20. The second-order valence-corrected chi connectivity index (χ2v) is 7.86. The molecule has 3 aromatic carbocycles. The van der Waals surface area contributed by atoms with Crippen molar-refractivity contribution in [3.63, 3.8) is 0 Å². The van der Waals surface area contributed by atoms with Crippen molar-refractivity contribution in [3.8, 4) is 17.6 Å². The van der Waals surface area contributed by atoms with Gasteiger partial charge in [0.1, 0.15) is 23.1 Å². The molecule has 0 spiro atoms. The van der Waals surface area contributed by atoms with Gasteiger partial charge < -0.3 is 20.1 Å². The zero-order chi connectivity index (χ0) is 27.0. The fourth-order valence-corrected chi connectivity index (χ4v) is 3.30. The van der Waals surface area contributed by atoms with Crippen molar-refractivity contribution in [1.82, 2.24) is 0 Å². The highest BCUT2D eigenvalue weighted by Gasteiger charge is 2.30. The summed E-state index contributed by atoms with van der Waals surface area (Å²) >= 11 is 6.05. The van der Waals surface area contributed by atoms with Gasteiger partial charge in [0.15, 0.2) is 6.61 Å². The minimum Gasteiger partial charge on any atom is -0.495 e. The van der Waals surface area contributed by atoms with E-state index in [9.17, 15) is 28.0 Å². The largest absolute Gasteiger partial charge is 0.495 e. The summed E-state index contributed by atoms with van der Waals surface area (Å²) in [6.45, 7) is -0.418. The van der Waals surface area contributed by atoms with Crippen LogP contribution in [0.15, 0.2) is 72.3 Å². The summed E-state index contributed by atoms with van der Waals surface area (Å²) in [5.41, 5.74) is -0.884. The molecule has 37 heavy (non-hydrogen) atoms. The number of carbonyl (C=O) groups is 2. The Morgan fingerprint density at radius 1 is 1.03 bits per heavy atom. The molecule has 0 aliphatic heterocycles. The van der Waals surface area contributed by atoms with Gasteiger partial charge in [0.25, 0.3) is 11.8 Å². The monoisotopic (exact) mass is 529 g/mol. The molecule has 11 heteroatoms. The van der Waals surface area contributed by atoms with E-state index < -0.39 is 35.7 Å². The van der Waals surface area contributed by atoms with E-state index in [4.69, 9.17) is 21.1 Å². The Bertz CT molecular complexity index is 1380. The fourth-order valence-electron chi connectivity index (χ4n) is 3.12. The number of hydrogen-bond donors (Lipinski definition) is 2. The van der Waals surface area contributed by atoms with E-state index in [2.05, 4.69) is 10.6 Å². The molecule has 0 aliphatic rings. The van der Waals surface area contributed by atoms with Gasteiger partial charge in [0.05, 0.1) is 18.4 Å². The van der Waals surface area contributed by atoms with Crippen LogP contribution in [0.25, 0.3) is 6.08 Å². The molecule has 0 aromatic heterocycles. The molecule has 0 heterocycles. The molecule has 2 N–H and O–H groups in total. The summed E-state index contributed by atoms with van der Waals surface area (Å²) in [4.78, 5) is 25.0. The first kappa shape index (κ1) is 27.1. The molecular weight excluding hydrogens is 511 g/mol. The minimum atomic E-state index is -4.60. The number of para-hydroxylation sites is 2. The molecule has 0 saturated heterocycles. The predicted octanol–water partition coefficient (Wildman–Crippen LogP) is 5.93. The number of benzene rings is 3. The smallest absolute Gasteiger partial charge is 0.416 e. The van der Waals surface area contributed by atoms with Crippen molar-refractivity contribution >= 4 is 40.9 Å². The number of ether oxygens (including phenoxy) is 2. The number of nitrogens with one attached hydrogen (secondary N) is 2. The molecule has 0 atom stereocenters. The summed E-state index contributed by atoms with van der Waals surface area (Å²) in [6, 6.07) is 16.8. The SMILES string of the molecule is COc1ccccc1NC(=O)COc1ccc(Cl)cc1/C=C(\C#N)C(=O)Nc1cccc(C(F)(F)F)c1. The molecule has 190 valence electrons. The lowest BCUT2D eigenvalue weighted by Gasteiger charge is -2.12. The van der Waals surface area contributed by atoms with Crippen LogP contribution in [0.2, 0.25) is 5.02 Å². The van der Waals surface area contributed by atoms with Crippen LogP contribution in [0, 0.1) is 11.3 Å². The van der Waals surface area contributed by atoms with Gasteiger partial charge in [-0.1, -0.05) is 29.8 Å². The van der Waals surface area contributed by atoms with E-state index in [1.807, 2.05) is 0 Å². The molecule has 0 fully saturated rings. The Morgan fingerprint density at radius 2 is 1.78 bits per heavy atom. The van der Waals surface area contributed by atoms with E-state index >= 15 is 0 Å². The number of nitrogens with zero attached hydrogens (tertiary/aromatic N) is 1. The van der Waals surface area contributed by atoms with Gasteiger partial charge in [-0.15, -0.1) is 0 Å². The lowest BCUT2D eigenvalue weighted by molar-refractivity contribution is -0.137. The number of anilines is 2. The van der Waals surface area contributed by atoms with Gasteiger partial charge in [-0.3, -0.25) is 9.59 Å². The predicted molar refractivity (Wildman–Crippen MR) is 132 cm³/mol. The zero-order valence-corrected chi connectivity index (χ0v) is 20.0. The Hall–Kier alpha value is -4.49. The molecule has 0 saturated carbocycles. The van der Waals surface area contributed by atoms with Crippen molar-refractivity contribution in [2.75, 3.05) is 24.4 Å². The maximum absolute atomic E-state index is 13.0. The molecule has 0 unspecified atom stereocenters. The van der Waals surface area contributed by atoms with Crippen LogP contribution in [0.4, 0.5) is 24.5 Å². The molecule has 3 aromatic rings. The minimum absolute atomic E-state index is 0.138. The Morgan fingerprint density at radius 3 is 2.49 bits per heavy atom. The van der Waals surface area contributed by atoms with Gasteiger partial charge in [0, 0.05) is 16.3 Å².